The normalized spacial score (nSPS) is 11.2. The molecule has 0 saturated heterocycles. The number of fused-ring (bicyclic) bond motifs is 1. The Morgan fingerprint density at radius 1 is 1.04 bits per heavy atom. The SMILES string of the molecule is O=C(/C=C/c1cnc2ccccc2n1)Nc1ncc(Cc2ccc(F)cc2)s1. The van der Waals surface area contributed by atoms with Crippen LogP contribution in [0.25, 0.3) is 17.1 Å². The number of para-hydroxylation sites is 2. The molecule has 2 heterocycles. The fourth-order valence-corrected chi connectivity index (χ4v) is 3.46. The zero-order valence-corrected chi connectivity index (χ0v) is 15.5. The summed E-state index contributed by atoms with van der Waals surface area (Å²) in [4.78, 5) is 26.1. The molecule has 0 fully saturated rings. The van der Waals surface area contributed by atoms with Crippen molar-refractivity contribution >= 4 is 39.5 Å². The highest BCUT2D eigenvalue weighted by molar-refractivity contribution is 7.15. The Hall–Kier alpha value is -3.45. The van der Waals surface area contributed by atoms with Gasteiger partial charge in [-0.15, -0.1) is 11.3 Å². The second kappa shape index (κ2) is 8.06. The molecule has 0 atom stereocenters. The van der Waals surface area contributed by atoms with E-state index in [1.165, 1.54) is 29.5 Å². The Morgan fingerprint density at radius 3 is 2.64 bits per heavy atom. The fraction of sp³-hybridized carbons (Fsp3) is 0.0476. The quantitative estimate of drug-likeness (QED) is 0.511. The van der Waals surface area contributed by atoms with E-state index in [1.54, 1.807) is 30.6 Å². The minimum absolute atomic E-state index is 0.260. The standard InChI is InChI=1S/C21H15FN4OS/c22-15-7-5-14(6-8-15)11-17-13-24-21(28-17)26-20(27)10-9-16-12-23-18-3-1-2-4-19(18)25-16/h1-10,12-13H,11H2,(H,24,26,27)/b10-9+. The van der Waals surface area contributed by atoms with Crippen molar-refractivity contribution in [3.05, 3.63) is 89.0 Å². The maximum Gasteiger partial charge on any atom is 0.250 e. The second-order valence-electron chi connectivity index (χ2n) is 6.04. The fourth-order valence-electron chi connectivity index (χ4n) is 2.61. The Kier molecular flexibility index (Phi) is 5.16. The van der Waals surface area contributed by atoms with E-state index in [1.807, 2.05) is 24.3 Å². The molecule has 0 aliphatic rings. The molecular formula is C21H15FN4OS. The molecule has 0 saturated carbocycles. The molecule has 5 nitrogen and oxygen atoms in total. The van der Waals surface area contributed by atoms with E-state index in [9.17, 15) is 9.18 Å². The number of thiazole rings is 1. The largest absolute Gasteiger partial charge is 0.298 e. The van der Waals surface area contributed by atoms with Gasteiger partial charge in [0.25, 0.3) is 0 Å². The lowest BCUT2D eigenvalue weighted by Crippen LogP contribution is -2.07. The number of hydrogen-bond acceptors (Lipinski definition) is 5. The number of aromatic nitrogens is 3. The third-order valence-corrected chi connectivity index (χ3v) is 4.86. The highest BCUT2D eigenvalue weighted by Gasteiger charge is 2.06. The number of carbonyl (C=O) groups is 1. The van der Waals surface area contributed by atoms with Crippen molar-refractivity contribution < 1.29 is 9.18 Å². The summed E-state index contributed by atoms with van der Waals surface area (Å²) in [6.45, 7) is 0. The van der Waals surface area contributed by atoms with Gasteiger partial charge in [-0.3, -0.25) is 15.1 Å². The summed E-state index contributed by atoms with van der Waals surface area (Å²) in [5.74, 6) is -0.554. The van der Waals surface area contributed by atoms with Crippen molar-refractivity contribution in [2.75, 3.05) is 5.32 Å². The second-order valence-corrected chi connectivity index (χ2v) is 7.16. The van der Waals surface area contributed by atoms with Crippen molar-refractivity contribution in [2.45, 2.75) is 6.42 Å². The highest BCUT2D eigenvalue weighted by atomic mass is 32.1. The minimum Gasteiger partial charge on any atom is -0.298 e. The highest BCUT2D eigenvalue weighted by Crippen LogP contribution is 2.21. The van der Waals surface area contributed by atoms with Crippen LogP contribution in [0.3, 0.4) is 0 Å². The van der Waals surface area contributed by atoms with Crippen LogP contribution in [-0.2, 0) is 11.2 Å². The zero-order chi connectivity index (χ0) is 19.3. The lowest BCUT2D eigenvalue weighted by molar-refractivity contribution is -0.111. The molecule has 28 heavy (non-hydrogen) atoms. The van der Waals surface area contributed by atoms with Gasteiger partial charge in [-0.1, -0.05) is 24.3 Å². The average Bonchev–Trinajstić information content (AvgIpc) is 3.14. The molecule has 0 aliphatic carbocycles. The third-order valence-electron chi connectivity index (χ3n) is 3.95. The van der Waals surface area contributed by atoms with Crippen LogP contribution >= 0.6 is 11.3 Å². The molecule has 4 rings (SSSR count). The Labute approximate surface area is 164 Å². The first-order valence-corrected chi connectivity index (χ1v) is 9.37. The van der Waals surface area contributed by atoms with E-state index < -0.39 is 0 Å². The van der Waals surface area contributed by atoms with Gasteiger partial charge in [-0.25, -0.2) is 14.4 Å². The van der Waals surface area contributed by atoms with Gasteiger partial charge < -0.3 is 0 Å². The van der Waals surface area contributed by atoms with E-state index in [0.717, 1.165) is 21.5 Å². The van der Waals surface area contributed by atoms with E-state index in [2.05, 4.69) is 20.3 Å². The van der Waals surface area contributed by atoms with Crippen molar-refractivity contribution in [3.8, 4) is 0 Å². The molecular weight excluding hydrogens is 375 g/mol. The monoisotopic (exact) mass is 390 g/mol. The van der Waals surface area contributed by atoms with Crippen molar-refractivity contribution in [3.63, 3.8) is 0 Å². The molecule has 0 radical (unpaired) electrons. The molecule has 0 aliphatic heterocycles. The van der Waals surface area contributed by atoms with E-state index in [-0.39, 0.29) is 11.7 Å². The van der Waals surface area contributed by atoms with E-state index >= 15 is 0 Å². The molecule has 2 aromatic carbocycles. The summed E-state index contributed by atoms with van der Waals surface area (Å²) in [6.07, 6.45) is 6.98. The van der Waals surface area contributed by atoms with E-state index in [4.69, 9.17) is 0 Å². The Bertz CT molecular complexity index is 1150. The lowest BCUT2D eigenvalue weighted by atomic mass is 10.1. The summed E-state index contributed by atoms with van der Waals surface area (Å²) in [5.41, 5.74) is 3.17. The molecule has 2 aromatic heterocycles. The van der Waals surface area contributed by atoms with Crippen LogP contribution in [0.15, 0.2) is 67.0 Å². The molecule has 0 bridgehead atoms. The van der Waals surface area contributed by atoms with Gasteiger partial charge in [0.1, 0.15) is 5.82 Å². The Morgan fingerprint density at radius 2 is 1.82 bits per heavy atom. The van der Waals surface area contributed by atoms with Crippen molar-refractivity contribution in [1.82, 2.24) is 15.0 Å². The first-order chi connectivity index (χ1) is 13.7. The lowest BCUT2D eigenvalue weighted by Gasteiger charge is -1.99. The molecule has 7 heteroatoms. The first kappa shape index (κ1) is 17.9. The minimum atomic E-state index is -0.294. The van der Waals surface area contributed by atoms with Crippen LogP contribution in [0.1, 0.15) is 16.1 Å². The van der Waals surface area contributed by atoms with Crippen molar-refractivity contribution in [2.24, 2.45) is 0 Å². The number of nitrogens with one attached hydrogen (secondary N) is 1. The predicted octanol–water partition coefficient (Wildman–Crippen LogP) is 4.47. The van der Waals surface area contributed by atoms with Crippen LogP contribution in [0.5, 0.6) is 0 Å². The molecule has 0 spiro atoms. The number of rotatable bonds is 5. The Balaban J connectivity index is 1.38. The summed E-state index contributed by atoms with van der Waals surface area (Å²) in [6, 6.07) is 13.9. The van der Waals surface area contributed by atoms with Gasteiger partial charge in [-0.2, -0.15) is 0 Å². The van der Waals surface area contributed by atoms with Crippen LogP contribution in [0.2, 0.25) is 0 Å². The van der Waals surface area contributed by atoms with Gasteiger partial charge in [0, 0.05) is 23.6 Å². The predicted molar refractivity (Wildman–Crippen MR) is 109 cm³/mol. The smallest absolute Gasteiger partial charge is 0.250 e. The van der Waals surface area contributed by atoms with Crippen LogP contribution in [-0.4, -0.2) is 20.9 Å². The van der Waals surface area contributed by atoms with Crippen LogP contribution < -0.4 is 5.32 Å². The van der Waals surface area contributed by atoms with Crippen LogP contribution in [0, 0.1) is 5.82 Å². The molecule has 138 valence electrons. The van der Waals surface area contributed by atoms with E-state index in [0.29, 0.717) is 17.2 Å². The van der Waals surface area contributed by atoms with Gasteiger partial charge >= 0.3 is 0 Å². The van der Waals surface area contributed by atoms with Crippen molar-refractivity contribution in [1.29, 1.82) is 0 Å². The summed E-state index contributed by atoms with van der Waals surface area (Å²) in [7, 11) is 0. The van der Waals surface area contributed by atoms with Gasteiger partial charge in [-0.05, 0) is 35.9 Å². The number of hydrogen-bond donors (Lipinski definition) is 1. The van der Waals surface area contributed by atoms with Crippen LogP contribution in [0.4, 0.5) is 9.52 Å². The third kappa shape index (κ3) is 4.44. The van der Waals surface area contributed by atoms with Gasteiger partial charge in [0.15, 0.2) is 5.13 Å². The molecule has 4 aromatic rings. The summed E-state index contributed by atoms with van der Waals surface area (Å²) < 4.78 is 13.0. The first-order valence-electron chi connectivity index (χ1n) is 8.56. The zero-order valence-electron chi connectivity index (χ0n) is 14.7. The summed E-state index contributed by atoms with van der Waals surface area (Å²) in [5, 5.41) is 3.25. The number of anilines is 1. The summed E-state index contributed by atoms with van der Waals surface area (Å²) >= 11 is 1.39. The topological polar surface area (TPSA) is 67.8 Å². The maximum atomic E-state index is 13.0. The maximum absolute atomic E-state index is 13.0. The molecule has 1 amide bonds. The van der Waals surface area contributed by atoms with Gasteiger partial charge in [0.2, 0.25) is 5.91 Å². The number of amides is 1. The average molecular weight is 390 g/mol. The number of benzene rings is 2. The van der Waals surface area contributed by atoms with Gasteiger partial charge in [0.05, 0.1) is 22.9 Å². The number of carbonyl (C=O) groups excluding carboxylic acids is 1. The number of nitrogens with zero attached hydrogens (tertiary/aromatic N) is 3. The molecule has 0 unspecified atom stereocenters. The molecule has 1 N–H and O–H groups in total. The number of halogens is 1.